The summed E-state index contributed by atoms with van der Waals surface area (Å²) in [6.07, 6.45) is 0. The molecule has 90 valence electrons. The second kappa shape index (κ2) is 5.50. The molecule has 0 N–H and O–H groups in total. The third-order valence-corrected chi connectivity index (χ3v) is 5.53. The third-order valence-electron chi connectivity index (χ3n) is 2.36. The van der Waals surface area contributed by atoms with Crippen molar-refractivity contribution in [2.24, 2.45) is 0 Å². The lowest BCUT2D eigenvalue weighted by molar-refractivity contribution is 1.17. The van der Waals surface area contributed by atoms with Crippen molar-refractivity contribution in [3.8, 4) is 0 Å². The highest BCUT2D eigenvalue weighted by Crippen LogP contribution is 2.40. The fourth-order valence-electron chi connectivity index (χ4n) is 1.47. The first-order valence-corrected chi connectivity index (χ1v) is 7.64. The van der Waals surface area contributed by atoms with Crippen molar-refractivity contribution in [1.82, 2.24) is 0 Å². The predicted octanol–water partition coefficient (Wildman–Crippen LogP) is 6.45. The normalized spacial score (nSPS) is 12.8. The van der Waals surface area contributed by atoms with Gasteiger partial charge in [-0.15, -0.1) is 22.9 Å². The number of rotatable bonds is 2. The molecule has 0 radical (unpaired) electrons. The Bertz CT molecular complexity index is 531. The van der Waals surface area contributed by atoms with E-state index in [-0.39, 0.29) is 5.38 Å². The van der Waals surface area contributed by atoms with E-state index in [4.69, 9.17) is 34.8 Å². The Hall–Kier alpha value is 0.270. The van der Waals surface area contributed by atoms with Crippen LogP contribution in [0.2, 0.25) is 9.36 Å². The fourth-order valence-corrected chi connectivity index (χ4v) is 3.85. The van der Waals surface area contributed by atoms with Gasteiger partial charge in [0.05, 0.1) is 9.71 Å². The van der Waals surface area contributed by atoms with Crippen molar-refractivity contribution in [1.29, 1.82) is 0 Å². The zero-order chi connectivity index (χ0) is 12.6. The molecule has 2 aromatic rings. The summed E-state index contributed by atoms with van der Waals surface area (Å²) < 4.78 is 1.73. The highest BCUT2D eigenvalue weighted by atomic mass is 79.9. The van der Waals surface area contributed by atoms with Crippen LogP contribution in [0.1, 0.15) is 21.4 Å². The van der Waals surface area contributed by atoms with E-state index in [0.29, 0.717) is 5.02 Å². The second-order valence-electron chi connectivity index (χ2n) is 3.63. The lowest BCUT2D eigenvalue weighted by Crippen LogP contribution is -1.91. The van der Waals surface area contributed by atoms with Crippen molar-refractivity contribution in [3.05, 3.63) is 54.1 Å². The molecule has 0 fully saturated rings. The topological polar surface area (TPSA) is 0 Å². The molecule has 0 aliphatic rings. The van der Waals surface area contributed by atoms with E-state index in [1.807, 2.05) is 31.2 Å². The number of hydrogen-bond donors (Lipinski definition) is 0. The van der Waals surface area contributed by atoms with E-state index in [0.717, 1.165) is 24.8 Å². The van der Waals surface area contributed by atoms with Crippen LogP contribution >= 0.6 is 62.1 Å². The van der Waals surface area contributed by atoms with Gasteiger partial charge in [-0.1, -0.05) is 39.1 Å². The van der Waals surface area contributed by atoms with Gasteiger partial charge in [-0.25, -0.2) is 0 Å². The van der Waals surface area contributed by atoms with Crippen molar-refractivity contribution in [3.63, 3.8) is 0 Å². The maximum atomic E-state index is 6.46. The molecule has 0 amide bonds. The van der Waals surface area contributed by atoms with Gasteiger partial charge >= 0.3 is 0 Å². The smallest absolute Gasteiger partial charge is 0.0960 e. The molecule has 0 saturated carbocycles. The highest BCUT2D eigenvalue weighted by Gasteiger charge is 2.17. The van der Waals surface area contributed by atoms with Gasteiger partial charge < -0.3 is 0 Å². The first kappa shape index (κ1) is 13.7. The van der Waals surface area contributed by atoms with E-state index < -0.39 is 0 Å². The first-order valence-electron chi connectivity index (χ1n) is 4.84. The molecule has 0 aliphatic heterocycles. The molecule has 17 heavy (non-hydrogen) atoms. The minimum Gasteiger partial charge on any atom is -0.126 e. The Balaban J connectivity index is 2.42. The zero-order valence-electron chi connectivity index (χ0n) is 8.81. The van der Waals surface area contributed by atoms with Crippen LogP contribution in [0.4, 0.5) is 0 Å². The lowest BCUT2D eigenvalue weighted by atomic mass is 10.1. The van der Waals surface area contributed by atoms with Gasteiger partial charge in [-0.3, -0.25) is 0 Å². The molecule has 1 unspecified atom stereocenters. The third kappa shape index (κ3) is 2.99. The Morgan fingerprint density at radius 1 is 1.24 bits per heavy atom. The molecule has 0 bridgehead atoms. The average molecular weight is 371 g/mol. The maximum Gasteiger partial charge on any atom is 0.0960 e. The summed E-state index contributed by atoms with van der Waals surface area (Å²) in [6, 6.07) is 7.60. The minimum atomic E-state index is -0.237. The molecule has 1 heterocycles. The Morgan fingerprint density at radius 3 is 2.53 bits per heavy atom. The summed E-state index contributed by atoms with van der Waals surface area (Å²) in [5, 5.41) is 0.438. The quantitative estimate of drug-likeness (QED) is 0.533. The van der Waals surface area contributed by atoms with Crippen molar-refractivity contribution in [2.75, 3.05) is 0 Å². The summed E-state index contributed by atoms with van der Waals surface area (Å²) >= 11 is 23.5. The summed E-state index contributed by atoms with van der Waals surface area (Å²) in [5.74, 6) is 0. The van der Waals surface area contributed by atoms with Gasteiger partial charge in [0.2, 0.25) is 0 Å². The molecular formula is C12H8BrCl3S. The minimum absolute atomic E-state index is 0.237. The molecule has 0 saturated heterocycles. The molecule has 1 atom stereocenters. The lowest BCUT2D eigenvalue weighted by Gasteiger charge is -2.10. The number of thiophene rings is 1. The van der Waals surface area contributed by atoms with Gasteiger partial charge in [0.15, 0.2) is 0 Å². The molecule has 2 rings (SSSR count). The summed E-state index contributed by atoms with van der Waals surface area (Å²) in [6.45, 7) is 1.97. The molecule has 5 heteroatoms. The van der Waals surface area contributed by atoms with E-state index >= 15 is 0 Å². The largest absolute Gasteiger partial charge is 0.126 e. The number of hydrogen-bond acceptors (Lipinski definition) is 1. The van der Waals surface area contributed by atoms with E-state index in [1.54, 1.807) is 0 Å². The van der Waals surface area contributed by atoms with E-state index in [2.05, 4.69) is 15.9 Å². The monoisotopic (exact) mass is 368 g/mol. The fraction of sp³-hybridized carbons (Fsp3) is 0.167. The number of alkyl halides is 1. The van der Waals surface area contributed by atoms with Gasteiger partial charge in [0.25, 0.3) is 0 Å². The summed E-state index contributed by atoms with van der Waals surface area (Å²) in [5.41, 5.74) is 2.01. The number of benzene rings is 1. The highest BCUT2D eigenvalue weighted by molar-refractivity contribution is 9.10. The van der Waals surface area contributed by atoms with Crippen LogP contribution in [0, 0.1) is 6.92 Å². The van der Waals surface area contributed by atoms with Crippen LogP contribution in [0.5, 0.6) is 0 Å². The van der Waals surface area contributed by atoms with Crippen LogP contribution in [0.3, 0.4) is 0 Å². The van der Waals surface area contributed by atoms with Crippen molar-refractivity contribution in [2.45, 2.75) is 12.3 Å². The zero-order valence-corrected chi connectivity index (χ0v) is 13.5. The van der Waals surface area contributed by atoms with Crippen LogP contribution in [0.15, 0.2) is 28.7 Å². The van der Waals surface area contributed by atoms with Gasteiger partial charge in [-0.2, -0.15) is 0 Å². The predicted molar refractivity (Wildman–Crippen MR) is 80.9 cm³/mol. The van der Waals surface area contributed by atoms with Crippen molar-refractivity contribution >= 4 is 62.1 Å². The van der Waals surface area contributed by atoms with Crippen molar-refractivity contribution < 1.29 is 0 Å². The second-order valence-corrected chi connectivity index (χ2v) is 7.05. The first-order chi connectivity index (χ1) is 7.99. The molecule has 0 nitrogen and oxygen atoms in total. The Kier molecular flexibility index (Phi) is 4.43. The van der Waals surface area contributed by atoms with Gasteiger partial charge in [-0.05, 0) is 42.3 Å². The SMILES string of the molecule is Cc1cc(C(Cl)c2cc(Cl)ccc2Br)sc1Cl. The number of aryl methyl sites for hydroxylation is 1. The molecule has 1 aromatic carbocycles. The summed E-state index contributed by atoms with van der Waals surface area (Å²) in [7, 11) is 0. The maximum absolute atomic E-state index is 6.46. The molecular weight excluding hydrogens is 362 g/mol. The van der Waals surface area contributed by atoms with Crippen LogP contribution in [-0.4, -0.2) is 0 Å². The van der Waals surface area contributed by atoms with E-state index in [1.165, 1.54) is 11.3 Å². The molecule has 1 aromatic heterocycles. The van der Waals surface area contributed by atoms with E-state index in [9.17, 15) is 0 Å². The van der Waals surface area contributed by atoms with Crippen LogP contribution in [-0.2, 0) is 0 Å². The van der Waals surface area contributed by atoms with Gasteiger partial charge in [0.1, 0.15) is 0 Å². The standard InChI is InChI=1S/C12H8BrCl3S/c1-6-4-10(17-12(6)16)11(15)8-5-7(14)2-3-9(8)13/h2-5,11H,1H3. The Morgan fingerprint density at radius 2 is 1.94 bits per heavy atom. The molecule has 0 spiro atoms. The average Bonchev–Trinajstić information content (AvgIpc) is 2.62. The Labute approximate surface area is 128 Å². The molecule has 0 aliphatic carbocycles. The summed E-state index contributed by atoms with van der Waals surface area (Å²) in [4.78, 5) is 1.03. The van der Waals surface area contributed by atoms with Crippen LogP contribution in [0.25, 0.3) is 0 Å². The van der Waals surface area contributed by atoms with Gasteiger partial charge in [0, 0.05) is 14.4 Å². The van der Waals surface area contributed by atoms with Crippen LogP contribution < -0.4 is 0 Å². The number of halogens is 4.